The zero-order chi connectivity index (χ0) is 9.84. The fourth-order valence-electron chi connectivity index (χ4n) is 0.775. The molecule has 0 aliphatic heterocycles. The van der Waals surface area contributed by atoms with E-state index in [2.05, 4.69) is 4.74 Å². The third-order valence-electron chi connectivity index (χ3n) is 1.33. The standard InChI is InChI=1S/C8H8Cl2O3/c1-12-4-13-7-3-5(9)2-6(10)8(7)11/h2-3,11H,4H2,1H3. The molecule has 0 spiro atoms. The van der Waals surface area contributed by atoms with E-state index in [4.69, 9.17) is 27.9 Å². The van der Waals surface area contributed by atoms with E-state index in [1.54, 1.807) is 0 Å². The van der Waals surface area contributed by atoms with Gasteiger partial charge in [0.25, 0.3) is 0 Å². The van der Waals surface area contributed by atoms with Crippen LogP contribution in [0.3, 0.4) is 0 Å². The molecule has 1 rings (SSSR count). The number of ether oxygens (including phenoxy) is 2. The lowest BCUT2D eigenvalue weighted by Crippen LogP contribution is -1.99. The summed E-state index contributed by atoms with van der Waals surface area (Å²) in [5.74, 6) is 0.0717. The quantitative estimate of drug-likeness (QED) is 0.800. The molecule has 0 atom stereocenters. The first-order valence-corrected chi connectivity index (χ1v) is 4.20. The predicted molar refractivity (Wildman–Crippen MR) is 50.6 cm³/mol. The van der Waals surface area contributed by atoms with Crippen LogP contribution < -0.4 is 4.74 Å². The van der Waals surface area contributed by atoms with Gasteiger partial charge < -0.3 is 14.6 Å². The highest BCUT2D eigenvalue weighted by atomic mass is 35.5. The summed E-state index contributed by atoms with van der Waals surface area (Å²) in [7, 11) is 1.48. The molecule has 0 saturated carbocycles. The van der Waals surface area contributed by atoms with Crippen LogP contribution in [-0.2, 0) is 4.74 Å². The summed E-state index contributed by atoms with van der Waals surface area (Å²) < 4.78 is 9.67. The van der Waals surface area contributed by atoms with Crippen molar-refractivity contribution < 1.29 is 14.6 Å². The molecule has 0 saturated heterocycles. The fourth-order valence-corrected chi connectivity index (χ4v) is 1.25. The van der Waals surface area contributed by atoms with Crippen molar-refractivity contribution in [3.8, 4) is 11.5 Å². The molecule has 0 amide bonds. The lowest BCUT2D eigenvalue weighted by atomic mass is 10.3. The van der Waals surface area contributed by atoms with Crippen molar-refractivity contribution in [3.63, 3.8) is 0 Å². The maximum absolute atomic E-state index is 9.38. The normalized spacial score (nSPS) is 10.1. The zero-order valence-electron chi connectivity index (χ0n) is 6.88. The van der Waals surface area contributed by atoms with Gasteiger partial charge >= 0.3 is 0 Å². The van der Waals surface area contributed by atoms with E-state index in [9.17, 15) is 5.11 Å². The van der Waals surface area contributed by atoms with Gasteiger partial charge in [-0.15, -0.1) is 0 Å². The van der Waals surface area contributed by atoms with Crippen molar-refractivity contribution in [2.24, 2.45) is 0 Å². The second kappa shape index (κ2) is 4.56. The van der Waals surface area contributed by atoms with Crippen LogP contribution in [0.1, 0.15) is 0 Å². The lowest BCUT2D eigenvalue weighted by Gasteiger charge is -2.07. The van der Waals surface area contributed by atoms with Gasteiger partial charge in [0.15, 0.2) is 18.3 Å². The first-order chi connectivity index (χ1) is 6.15. The van der Waals surface area contributed by atoms with E-state index < -0.39 is 0 Å². The molecule has 0 heterocycles. The molecule has 0 aromatic heterocycles. The Morgan fingerprint density at radius 3 is 2.69 bits per heavy atom. The highest BCUT2D eigenvalue weighted by Gasteiger charge is 2.08. The Morgan fingerprint density at radius 2 is 2.08 bits per heavy atom. The first-order valence-electron chi connectivity index (χ1n) is 3.45. The Hall–Kier alpha value is -0.640. The monoisotopic (exact) mass is 222 g/mol. The van der Waals surface area contributed by atoms with Crippen LogP contribution in [0.15, 0.2) is 12.1 Å². The molecule has 1 aromatic carbocycles. The summed E-state index contributed by atoms with van der Waals surface area (Å²) in [6.07, 6.45) is 0. The molecule has 0 aliphatic rings. The average molecular weight is 223 g/mol. The summed E-state index contributed by atoms with van der Waals surface area (Å²) in [4.78, 5) is 0. The van der Waals surface area contributed by atoms with Gasteiger partial charge in [0.05, 0.1) is 5.02 Å². The van der Waals surface area contributed by atoms with Crippen molar-refractivity contribution in [1.82, 2.24) is 0 Å². The van der Waals surface area contributed by atoms with Gasteiger partial charge in [-0.3, -0.25) is 0 Å². The van der Waals surface area contributed by atoms with Gasteiger partial charge in [-0.25, -0.2) is 0 Å². The maximum Gasteiger partial charge on any atom is 0.188 e. The van der Waals surface area contributed by atoms with Crippen LogP contribution in [0.25, 0.3) is 0 Å². The smallest absolute Gasteiger partial charge is 0.188 e. The SMILES string of the molecule is COCOc1cc(Cl)cc(Cl)c1O. The van der Waals surface area contributed by atoms with Gasteiger partial charge in [-0.1, -0.05) is 23.2 Å². The third-order valence-corrected chi connectivity index (χ3v) is 1.83. The number of hydrogen-bond acceptors (Lipinski definition) is 3. The van der Waals surface area contributed by atoms with Crippen LogP contribution >= 0.6 is 23.2 Å². The molecule has 1 N–H and O–H groups in total. The van der Waals surface area contributed by atoms with E-state index in [1.807, 2.05) is 0 Å². The van der Waals surface area contributed by atoms with Crippen LogP contribution in [-0.4, -0.2) is 19.0 Å². The van der Waals surface area contributed by atoms with Crippen molar-refractivity contribution >= 4 is 23.2 Å². The number of hydrogen-bond donors (Lipinski definition) is 1. The zero-order valence-corrected chi connectivity index (χ0v) is 8.39. The minimum atomic E-state index is -0.136. The Bertz CT molecular complexity index is 302. The van der Waals surface area contributed by atoms with Crippen molar-refractivity contribution in [1.29, 1.82) is 0 Å². The molecule has 5 heteroatoms. The van der Waals surface area contributed by atoms with Crippen LogP contribution in [0.5, 0.6) is 11.5 Å². The Morgan fingerprint density at radius 1 is 1.38 bits per heavy atom. The number of phenolic OH excluding ortho intramolecular Hbond substituents is 1. The van der Waals surface area contributed by atoms with Crippen LogP contribution in [0, 0.1) is 0 Å². The first kappa shape index (κ1) is 10.4. The Kier molecular flexibility index (Phi) is 3.66. The fraction of sp³-hybridized carbons (Fsp3) is 0.250. The van der Waals surface area contributed by atoms with Gasteiger partial charge in [0.1, 0.15) is 0 Å². The Balaban J connectivity index is 2.92. The number of phenols is 1. The summed E-state index contributed by atoms with van der Waals surface area (Å²) in [5, 5.41) is 9.93. The highest BCUT2D eigenvalue weighted by Crippen LogP contribution is 2.36. The molecular weight excluding hydrogens is 215 g/mol. The van der Waals surface area contributed by atoms with Crippen molar-refractivity contribution in [2.75, 3.05) is 13.9 Å². The number of halogens is 2. The average Bonchev–Trinajstić information content (AvgIpc) is 2.09. The van der Waals surface area contributed by atoms with E-state index in [-0.39, 0.29) is 23.3 Å². The summed E-state index contributed by atoms with van der Waals surface area (Å²) >= 11 is 11.3. The molecule has 0 fully saturated rings. The van der Waals surface area contributed by atoms with E-state index in [0.29, 0.717) is 5.02 Å². The second-order valence-corrected chi connectivity index (χ2v) is 3.13. The van der Waals surface area contributed by atoms with Crippen LogP contribution in [0.2, 0.25) is 10.0 Å². The largest absolute Gasteiger partial charge is 0.503 e. The van der Waals surface area contributed by atoms with Crippen LogP contribution in [0.4, 0.5) is 0 Å². The summed E-state index contributed by atoms with van der Waals surface area (Å²) in [5.41, 5.74) is 0. The minimum absolute atomic E-state index is 0.0320. The molecule has 0 radical (unpaired) electrons. The molecule has 1 aromatic rings. The number of aromatic hydroxyl groups is 1. The molecule has 72 valence electrons. The van der Waals surface area contributed by atoms with Gasteiger partial charge in [-0.05, 0) is 6.07 Å². The third kappa shape index (κ3) is 2.66. The van der Waals surface area contributed by atoms with E-state index in [0.717, 1.165) is 0 Å². The topological polar surface area (TPSA) is 38.7 Å². The molecule has 13 heavy (non-hydrogen) atoms. The summed E-state index contributed by atoms with van der Waals surface area (Å²) in [6.45, 7) is 0.0320. The number of methoxy groups -OCH3 is 1. The van der Waals surface area contributed by atoms with Gasteiger partial charge in [0.2, 0.25) is 0 Å². The van der Waals surface area contributed by atoms with E-state index >= 15 is 0 Å². The van der Waals surface area contributed by atoms with Gasteiger partial charge in [-0.2, -0.15) is 0 Å². The molecule has 0 unspecified atom stereocenters. The second-order valence-electron chi connectivity index (χ2n) is 2.29. The van der Waals surface area contributed by atoms with Crippen molar-refractivity contribution in [2.45, 2.75) is 0 Å². The maximum atomic E-state index is 9.38. The molecule has 0 aliphatic carbocycles. The number of rotatable bonds is 3. The number of benzene rings is 1. The Labute approximate surface area is 85.8 Å². The molecule has 0 bridgehead atoms. The van der Waals surface area contributed by atoms with Crippen molar-refractivity contribution in [3.05, 3.63) is 22.2 Å². The van der Waals surface area contributed by atoms with E-state index in [1.165, 1.54) is 19.2 Å². The highest BCUT2D eigenvalue weighted by molar-refractivity contribution is 6.35. The predicted octanol–water partition coefficient (Wildman–Crippen LogP) is 2.68. The lowest BCUT2D eigenvalue weighted by molar-refractivity contribution is 0.0492. The summed E-state index contributed by atoms with van der Waals surface area (Å²) in [6, 6.07) is 2.89. The minimum Gasteiger partial charge on any atom is -0.503 e. The molecule has 3 nitrogen and oxygen atoms in total. The van der Waals surface area contributed by atoms with Gasteiger partial charge in [0, 0.05) is 18.2 Å². The molecular formula is C8H8Cl2O3.